The van der Waals surface area contributed by atoms with E-state index in [1.165, 1.54) is 18.5 Å². The number of pyridine rings is 1. The van der Waals surface area contributed by atoms with Crippen molar-refractivity contribution in [3.8, 4) is 0 Å². The molecule has 1 aromatic heterocycles. The smallest absolute Gasteiger partial charge is 0.0959 e. The molecule has 3 aromatic rings. The van der Waals surface area contributed by atoms with Gasteiger partial charge in [0.15, 0.2) is 0 Å². The van der Waals surface area contributed by atoms with Crippen LogP contribution in [0, 0.1) is 6.92 Å². The summed E-state index contributed by atoms with van der Waals surface area (Å²) in [6, 6.07) is 14.3. The van der Waals surface area contributed by atoms with Crippen molar-refractivity contribution in [2.75, 3.05) is 23.3 Å². The van der Waals surface area contributed by atoms with Gasteiger partial charge in [-0.05, 0) is 49.6 Å². The van der Waals surface area contributed by atoms with Crippen LogP contribution in [0.5, 0.6) is 0 Å². The highest BCUT2D eigenvalue weighted by molar-refractivity contribution is 6.42. The molecule has 0 bridgehead atoms. The molecule has 3 nitrogen and oxygen atoms in total. The van der Waals surface area contributed by atoms with Gasteiger partial charge in [-0.15, -0.1) is 12.4 Å². The zero-order chi connectivity index (χ0) is 18.1. The van der Waals surface area contributed by atoms with Gasteiger partial charge in [0.25, 0.3) is 0 Å². The molecule has 1 fully saturated rings. The van der Waals surface area contributed by atoms with Crippen LogP contribution in [0.15, 0.2) is 42.5 Å². The minimum Gasteiger partial charge on any atom is -0.380 e. The van der Waals surface area contributed by atoms with Crippen LogP contribution in [-0.4, -0.2) is 18.1 Å². The van der Waals surface area contributed by atoms with Gasteiger partial charge in [-0.2, -0.15) is 0 Å². The molecule has 1 aliphatic rings. The number of nitrogens with one attached hydrogen (secondary N) is 1. The van der Waals surface area contributed by atoms with E-state index in [-0.39, 0.29) is 12.4 Å². The Morgan fingerprint density at radius 2 is 1.81 bits per heavy atom. The first-order valence-electron chi connectivity index (χ1n) is 8.95. The van der Waals surface area contributed by atoms with Crippen LogP contribution in [0.4, 0.5) is 11.4 Å². The predicted molar refractivity (Wildman–Crippen MR) is 119 cm³/mol. The molecular weight excluding hydrogens is 401 g/mol. The third-order valence-corrected chi connectivity index (χ3v) is 5.60. The highest BCUT2D eigenvalue weighted by Gasteiger charge is 2.17. The lowest BCUT2D eigenvalue weighted by atomic mass is 10.1. The van der Waals surface area contributed by atoms with Crippen LogP contribution < -0.4 is 10.2 Å². The molecule has 4 rings (SSSR count). The molecule has 1 N–H and O–H groups in total. The van der Waals surface area contributed by atoms with E-state index < -0.39 is 0 Å². The van der Waals surface area contributed by atoms with Crippen molar-refractivity contribution in [1.82, 2.24) is 4.98 Å². The molecule has 6 heteroatoms. The van der Waals surface area contributed by atoms with Gasteiger partial charge in [0, 0.05) is 36.4 Å². The largest absolute Gasteiger partial charge is 0.380 e. The van der Waals surface area contributed by atoms with Crippen molar-refractivity contribution in [3.63, 3.8) is 0 Å². The van der Waals surface area contributed by atoms with Gasteiger partial charge in [-0.25, -0.2) is 0 Å². The molecule has 1 aliphatic heterocycles. The van der Waals surface area contributed by atoms with Gasteiger partial charge in [-0.1, -0.05) is 41.4 Å². The fourth-order valence-electron chi connectivity index (χ4n) is 3.57. The van der Waals surface area contributed by atoms with Crippen LogP contribution in [0.1, 0.15) is 24.1 Å². The number of benzene rings is 2. The van der Waals surface area contributed by atoms with Gasteiger partial charge in [0.2, 0.25) is 0 Å². The van der Waals surface area contributed by atoms with Crippen molar-refractivity contribution in [2.24, 2.45) is 0 Å². The lowest BCUT2D eigenvalue weighted by Crippen LogP contribution is -2.18. The Morgan fingerprint density at radius 3 is 2.56 bits per heavy atom. The average Bonchev–Trinajstić information content (AvgIpc) is 3.16. The molecule has 0 unspecified atom stereocenters. The average molecular weight is 423 g/mol. The van der Waals surface area contributed by atoms with Crippen molar-refractivity contribution >= 4 is 57.9 Å². The van der Waals surface area contributed by atoms with Crippen LogP contribution >= 0.6 is 35.6 Å². The third kappa shape index (κ3) is 4.26. The van der Waals surface area contributed by atoms with E-state index in [4.69, 9.17) is 28.2 Å². The molecule has 2 aromatic carbocycles. The molecule has 0 saturated carbocycles. The van der Waals surface area contributed by atoms with Gasteiger partial charge >= 0.3 is 0 Å². The van der Waals surface area contributed by atoms with Crippen LogP contribution in [0.25, 0.3) is 10.9 Å². The second kappa shape index (κ2) is 8.55. The number of nitrogens with zero attached hydrogens (tertiary/aromatic N) is 2. The standard InChI is InChI=1S/C21H21Cl2N3.ClH/c1-14-11-19(24-13-15-7-8-17(22)18(23)12-15)16-5-4-6-20(21(16)25-14)26-9-2-3-10-26;/h4-8,11-12H,2-3,9-10,13H2,1H3,(H,24,25);1H. The van der Waals surface area contributed by atoms with E-state index in [0.29, 0.717) is 16.6 Å². The third-order valence-electron chi connectivity index (χ3n) is 4.86. The zero-order valence-electron chi connectivity index (χ0n) is 15.1. The maximum absolute atomic E-state index is 6.13. The van der Waals surface area contributed by atoms with Crippen molar-refractivity contribution in [2.45, 2.75) is 26.3 Å². The topological polar surface area (TPSA) is 28.2 Å². The summed E-state index contributed by atoms with van der Waals surface area (Å²) in [5.74, 6) is 0. The maximum Gasteiger partial charge on any atom is 0.0959 e. The molecule has 142 valence electrons. The molecule has 2 heterocycles. The van der Waals surface area contributed by atoms with Crippen molar-refractivity contribution in [3.05, 3.63) is 63.8 Å². The Kier molecular flexibility index (Phi) is 6.36. The molecule has 0 spiro atoms. The van der Waals surface area contributed by atoms with E-state index in [2.05, 4.69) is 34.5 Å². The Hall–Kier alpha value is -1.68. The second-order valence-corrected chi connectivity index (χ2v) is 7.60. The van der Waals surface area contributed by atoms with Gasteiger partial charge in [0.05, 0.1) is 21.2 Å². The fraction of sp³-hybridized carbons (Fsp3) is 0.286. The molecular formula is C21H22Cl3N3. The number of aromatic nitrogens is 1. The van der Waals surface area contributed by atoms with E-state index in [9.17, 15) is 0 Å². The number of hydrogen-bond acceptors (Lipinski definition) is 3. The SMILES string of the molecule is Cc1cc(NCc2ccc(Cl)c(Cl)c2)c2cccc(N3CCCC3)c2n1.Cl. The summed E-state index contributed by atoms with van der Waals surface area (Å²) in [5, 5.41) is 5.86. The van der Waals surface area contributed by atoms with E-state index in [0.717, 1.165) is 40.9 Å². The van der Waals surface area contributed by atoms with Crippen LogP contribution in [0.3, 0.4) is 0 Å². The summed E-state index contributed by atoms with van der Waals surface area (Å²) in [4.78, 5) is 7.28. The quantitative estimate of drug-likeness (QED) is 0.521. The molecule has 0 atom stereocenters. The normalized spacial score (nSPS) is 13.7. The number of aryl methyl sites for hydroxylation is 1. The summed E-state index contributed by atoms with van der Waals surface area (Å²) in [5.41, 5.74) is 5.52. The van der Waals surface area contributed by atoms with Gasteiger partial charge in [-0.3, -0.25) is 4.98 Å². The molecule has 0 radical (unpaired) electrons. The van der Waals surface area contributed by atoms with Gasteiger partial charge < -0.3 is 10.2 Å². The van der Waals surface area contributed by atoms with Gasteiger partial charge in [0.1, 0.15) is 0 Å². The van der Waals surface area contributed by atoms with Crippen molar-refractivity contribution in [1.29, 1.82) is 0 Å². The Balaban J connectivity index is 0.00000210. The molecule has 0 amide bonds. The number of para-hydroxylation sites is 1. The molecule has 0 aliphatic carbocycles. The summed E-state index contributed by atoms with van der Waals surface area (Å²) in [7, 11) is 0. The lowest BCUT2D eigenvalue weighted by molar-refractivity contribution is 0.949. The van der Waals surface area contributed by atoms with E-state index >= 15 is 0 Å². The lowest BCUT2D eigenvalue weighted by Gasteiger charge is -2.20. The van der Waals surface area contributed by atoms with Crippen LogP contribution in [-0.2, 0) is 6.54 Å². The Labute approximate surface area is 176 Å². The highest BCUT2D eigenvalue weighted by atomic mass is 35.5. The number of anilines is 2. The molecule has 1 saturated heterocycles. The monoisotopic (exact) mass is 421 g/mol. The van der Waals surface area contributed by atoms with Crippen LogP contribution in [0.2, 0.25) is 10.0 Å². The minimum atomic E-state index is 0. The number of rotatable bonds is 4. The Bertz CT molecular complexity index is 953. The first-order valence-corrected chi connectivity index (χ1v) is 9.70. The summed E-state index contributed by atoms with van der Waals surface area (Å²) < 4.78 is 0. The Morgan fingerprint density at radius 1 is 1.04 bits per heavy atom. The summed E-state index contributed by atoms with van der Waals surface area (Å²) >= 11 is 12.1. The first kappa shape index (κ1) is 20.1. The maximum atomic E-state index is 6.13. The number of hydrogen-bond donors (Lipinski definition) is 1. The highest BCUT2D eigenvalue weighted by Crippen LogP contribution is 2.33. The molecule has 27 heavy (non-hydrogen) atoms. The minimum absolute atomic E-state index is 0. The van der Waals surface area contributed by atoms with E-state index in [1.807, 2.05) is 25.1 Å². The zero-order valence-corrected chi connectivity index (χ0v) is 17.5. The summed E-state index contributed by atoms with van der Waals surface area (Å²) in [6.07, 6.45) is 2.51. The second-order valence-electron chi connectivity index (χ2n) is 6.78. The summed E-state index contributed by atoms with van der Waals surface area (Å²) in [6.45, 7) is 4.95. The number of fused-ring (bicyclic) bond motifs is 1. The first-order chi connectivity index (χ1) is 12.6. The predicted octanol–water partition coefficient (Wildman–Crippen LogP) is 6.48. The number of halogens is 3. The fourth-order valence-corrected chi connectivity index (χ4v) is 3.89. The van der Waals surface area contributed by atoms with Crippen molar-refractivity contribution < 1.29 is 0 Å². The van der Waals surface area contributed by atoms with E-state index in [1.54, 1.807) is 0 Å².